The van der Waals surface area contributed by atoms with Crippen LogP contribution in [0.2, 0.25) is 0 Å². The number of hydrogen-bond donors (Lipinski definition) is 3. The van der Waals surface area contributed by atoms with Gasteiger partial charge in [-0.2, -0.15) is 4.79 Å². The molecule has 180 valence electrons. The molecule has 0 saturated carbocycles. The third-order valence-corrected chi connectivity index (χ3v) is 7.34. The highest BCUT2D eigenvalue weighted by molar-refractivity contribution is 14.1. The zero-order chi connectivity index (χ0) is 25.6. The fraction of sp³-hybridized carbons (Fsp3) is 0.200. The summed E-state index contributed by atoms with van der Waals surface area (Å²) in [6.07, 6.45) is -0.107. The fourth-order valence-electron chi connectivity index (χ4n) is 2.59. The number of nitrogens with zero attached hydrogens (tertiary/aromatic N) is 2. The van der Waals surface area contributed by atoms with Gasteiger partial charge in [-0.25, -0.2) is 9.59 Å². The van der Waals surface area contributed by atoms with E-state index in [0.29, 0.717) is 31.3 Å². The third-order valence-electron chi connectivity index (χ3n) is 4.10. The molecular formula is C20H15I4N3O7. The molecule has 0 aromatic heterocycles. The van der Waals surface area contributed by atoms with Gasteiger partial charge in [0, 0.05) is 6.42 Å². The van der Waals surface area contributed by atoms with E-state index >= 15 is 0 Å². The Bertz CT molecular complexity index is 1150. The van der Waals surface area contributed by atoms with Crippen LogP contribution in [0.4, 0.5) is 0 Å². The number of carbonyl (C=O) groups is 3. The molecule has 0 saturated heterocycles. The third kappa shape index (κ3) is 7.62. The SMILES string of the molecule is CCOC(=O)C(=[N+]=[N-])C(=O)N[C@@H](Cc1cc(I)c(Oc2cc(I)c(O)c(I)c2)c(I)c1)C(=O)O. The molecule has 10 nitrogen and oxygen atoms in total. The Morgan fingerprint density at radius 1 is 1.06 bits per heavy atom. The predicted octanol–water partition coefficient (Wildman–Crippen LogP) is 3.95. The van der Waals surface area contributed by atoms with Gasteiger partial charge in [0.05, 0.1) is 20.9 Å². The molecule has 1 amide bonds. The minimum atomic E-state index is -1.41. The van der Waals surface area contributed by atoms with Gasteiger partial charge in [-0.05, 0) is 127 Å². The van der Waals surface area contributed by atoms with Crippen molar-refractivity contribution in [2.75, 3.05) is 6.61 Å². The van der Waals surface area contributed by atoms with E-state index in [-0.39, 0.29) is 18.8 Å². The van der Waals surface area contributed by atoms with Crippen LogP contribution in [0.3, 0.4) is 0 Å². The smallest absolute Gasteiger partial charge is 0.462 e. The summed E-state index contributed by atoms with van der Waals surface area (Å²) in [4.78, 5) is 38.3. The first-order chi connectivity index (χ1) is 16.0. The van der Waals surface area contributed by atoms with Gasteiger partial charge in [0.15, 0.2) is 5.75 Å². The van der Waals surface area contributed by atoms with Crippen LogP contribution in [-0.2, 0) is 25.5 Å². The standard InChI is InChI=1S/C20H15I4N3O7/c1-2-33-20(32)15(27-25)18(29)26-14(19(30)31)5-8-3-12(23)17(13(24)4-8)34-9-6-10(21)16(28)11(22)7-9/h3-4,6-7,14,28H,2,5H2,1H3,(H,26,29)(H,30,31)/t14-/m0/s1. The molecule has 0 fully saturated rings. The molecule has 2 rings (SSSR count). The van der Waals surface area contributed by atoms with E-state index in [1.165, 1.54) is 6.92 Å². The van der Waals surface area contributed by atoms with Gasteiger partial charge in [-0.1, -0.05) is 0 Å². The summed E-state index contributed by atoms with van der Waals surface area (Å²) >= 11 is 8.12. The normalized spacial score (nSPS) is 11.2. The number of ether oxygens (including phenoxy) is 2. The van der Waals surface area contributed by atoms with E-state index in [4.69, 9.17) is 10.3 Å². The number of nitrogens with one attached hydrogen (secondary N) is 1. The predicted molar refractivity (Wildman–Crippen MR) is 154 cm³/mol. The molecule has 2 aromatic rings. The Morgan fingerprint density at radius 3 is 2.09 bits per heavy atom. The van der Waals surface area contributed by atoms with E-state index < -0.39 is 29.6 Å². The second-order valence-electron chi connectivity index (χ2n) is 6.46. The quantitative estimate of drug-likeness (QED) is 0.0859. The molecule has 0 radical (unpaired) electrons. The van der Waals surface area contributed by atoms with Gasteiger partial charge in [0.1, 0.15) is 17.5 Å². The number of phenols is 1. The van der Waals surface area contributed by atoms with Crippen LogP contribution >= 0.6 is 90.4 Å². The van der Waals surface area contributed by atoms with Gasteiger partial charge >= 0.3 is 23.6 Å². The first-order valence-electron chi connectivity index (χ1n) is 9.25. The Morgan fingerprint density at radius 2 is 1.62 bits per heavy atom. The molecule has 2 aromatic carbocycles. The number of carboxylic acids is 1. The van der Waals surface area contributed by atoms with Crippen molar-refractivity contribution in [3.8, 4) is 17.2 Å². The highest BCUT2D eigenvalue weighted by Crippen LogP contribution is 2.37. The van der Waals surface area contributed by atoms with Crippen LogP contribution in [0.15, 0.2) is 24.3 Å². The van der Waals surface area contributed by atoms with Crippen LogP contribution in [0.1, 0.15) is 12.5 Å². The summed E-state index contributed by atoms with van der Waals surface area (Å²) in [6, 6.07) is 5.40. The molecule has 0 heterocycles. The molecule has 34 heavy (non-hydrogen) atoms. The molecule has 0 aliphatic heterocycles. The molecule has 0 unspecified atom stereocenters. The Labute approximate surface area is 248 Å². The number of amides is 1. The number of phenolic OH excluding ortho intramolecular Hbond substituents is 1. The van der Waals surface area contributed by atoms with Gasteiger partial charge in [0.25, 0.3) is 0 Å². The zero-order valence-corrected chi connectivity index (χ0v) is 25.8. The molecule has 0 aliphatic carbocycles. The number of esters is 1. The number of aliphatic carboxylic acids is 1. The van der Waals surface area contributed by atoms with Crippen molar-refractivity contribution in [2.45, 2.75) is 19.4 Å². The van der Waals surface area contributed by atoms with E-state index in [9.17, 15) is 24.6 Å². The maximum Gasteiger partial charge on any atom is 0.462 e. The number of hydrogen-bond acceptors (Lipinski definition) is 6. The summed E-state index contributed by atoms with van der Waals surface area (Å²) < 4.78 is 13.3. The fourth-order valence-corrected chi connectivity index (χ4v) is 6.42. The zero-order valence-electron chi connectivity index (χ0n) is 17.1. The lowest BCUT2D eigenvalue weighted by atomic mass is 10.1. The number of carboxylic acid groups (broad SMARTS) is 1. The average molecular weight is 917 g/mol. The van der Waals surface area contributed by atoms with Crippen molar-refractivity contribution in [2.24, 2.45) is 0 Å². The summed E-state index contributed by atoms with van der Waals surface area (Å²) in [7, 11) is 0. The van der Waals surface area contributed by atoms with Gasteiger partial charge in [-0.3, -0.25) is 4.79 Å². The van der Waals surface area contributed by atoms with Crippen molar-refractivity contribution < 1.29 is 38.9 Å². The minimum Gasteiger partial charge on any atom is -0.506 e. The molecule has 0 aliphatic rings. The second kappa shape index (κ2) is 13.2. The lowest BCUT2D eigenvalue weighted by Crippen LogP contribution is -2.47. The Hall–Kier alpha value is -1.25. The van der Waals surface area contributed by atoms with Crippen molar-refractivity contribution >= 4 is 114 Å². The summed E-state index contributed by atoms with van der Waals surface area (Å²) in [6.45, 7) is 1.45. The Balaban J connectivity index is 2.25. The lowest BCUT2D eigenvalue weighted by molar-refractivity contribution is -0.145. The van der Waals surface area contributed by atoms with Crippen molar-refractivity contribution in [1.29, 1.82) is 0 Å². The molecule has 1 atom stereocenters. The summed E-state index contributed by atoms with van der Waals surface area (Å²) in [5.74, 6) is -2.43. The monoisotopic (exact) mass is 917 g/mol. The van der Waals surface area contributed by atoms with Gasteiger partial charge in [-0.15, -0.1) is 0 Å². The maximum absolute atomic E-state index is 12.3. The van der Waals surface area contributed by atoms with E-state index in [1.54, 1.807) is 24.3 Å². The molecule has 0 bridgehead atoms. The largest absolute Gasteiger partial charge is 0.506 e. The van der Waals surface area contributed by atoms with E-state index in [0.717, 1.165) is 0 Å². The van der Waals surface area contributed by atoms with Crippen LogP contribution in [0, 0.1) is 14.3 Å². The average Bonchev–Trinajstić information content (AvgIpc) is 2.74. The number of benzene rings is 2. The van der Waals surface area contributed by atoms with Gasteiger partial charge < -0.3 is 30.5 Å². The van der Waals surface area contributed by atoms with Crippen LogP contribution in [0.25, 0.3) is 5.53 Å². The first-order valence-corrected chi connectivity index (χ1v) is 13.6. The van der Waals surface area contributed by atoms with Crippen molar-refractivity contribution in [1.82, 2.24) is 5.32 Å². The van der Waals surface area contributed by atoms with E-state index in [1.807, 2.05) is 45.2 Å². The molecular weight excluding hydrogens is 902 g/mol. The highest BCUT2D eigenvalue weighted by atomic mass is 127. The summed E-state index contributed by atoms with van der Waals surface area (Å²) in [5, 5.41) is 21.7. The second-order valence-corrected chi connectivity index (χ2v) is 11.1. The van der Waals surface area contributed by atoms with Crippen LogP contribution < -0.4 is 10.1 Å². The number of halogens is 4. The summed E-state index contributed by atoms with van der Waals surface area (Å²) in [5.41, 5.74) is 8.60. The van der Waals surface area contributed by atoms with Crippen molar-refractivity contribution in [3.05, 3.63) is 49.6 Å². The van der Waals surface area contributed by atoms with Gasteiger partial charge in [0.2, 0.25) is 0 Å². The maximum atomic E-state index is 12.3. The number of rotatable bonds is 9. The van der Waals surface area contributed by atoms with Crippen molar-refractivity contribution in [3.63, 3.8) is 0 Å². The number of carbonyl (C=O) groups excluding carboxylic acids is 2. The first kappa shape index (κ1) is 29.0. The van der Waals surface area contributed by atoms with E-state index in [2.05, 4.69) is 60.0 Å². The molecule has 0 spiro atoms. The molecule has 14 heteroatoms. The van der Waals surface area contributed by atoms with Crippen LogP contribution in [0.5, 0.6) is 17.2 Å². The minimum absolute atomic E-state index is 0.0543. The highest BCUT2D eigenvalue weighted by Gasteiger charge is 2.34. The lowest BCUT2D eigenvalue weighted by Gasteiger charge is -2.16. The van der Waals surface area contributed by atoms with Crippen LogP contribution in [-0.4, -0.2) is 51.2 Å². The topological polar surface area (TPSA) is 159 Å². The Kier molecular flexibility index (Phi) is 11.2. The number of aromatic hydroxyl groups is 1. The molecule has 3 N–H and O–H groups in total.